The van der Waals surface area contributed by atoms with Gasteiger partial charge in [0.05, 0.1) is 23.8 Å². The van der Waals surface area contributed by atoms with Gasteiger partial charge in [0.2, 0.25) is 5.91 Å². The molecule has 0 unspecified atom stereocenters. The van der Waals surface area contributed by atoms with Crippen molar-refractivity contribution in [2.75, 3.05) is 18.4 Å². The minimum absolute atomic E-state index is 0.0285. The van der Waals surface area contributed by atoms with E-state index >= 15 is 0 Å². The standard InChI is InChI=1S/C10H9ClF4N2O/c11-7-3-6(12)1-2-8(7)17-9(18)4-16-5-10(13,14)15/h1-3,16H,4-5H2,(H,17,18). The van der Waals surface area contributed by atoms with Crippen LogP contribution in [0.25, 0.3) is 0 Å². The molecule has 1 aromatic rings. The second kappa shape index (κ2) is 6.01. The van der Waals surface area contributed by atoms with E-state index in [4.69, 9.17) is 11.6 Å². The molecular formula is C10H9ClF4N2O. The molecule has 8 heteroatoms. The summed E-state index contributed by atoms with van der Waals surface area (Å²) in [5.74, 6) is -1.28. The van der Waals surface area contributed by atoms with E-state index in [1.165, 1.54) is 6.07 Å². The van der Waals surface area contributed by atoms with Crippen LogP contribution in [0.5, 0.6) is 0 Å². The summed E-state index contributed by atoms with van der Waals surface area (Å²) in [7, 11) is 0. The highest BCUT2D eigenvalue weighted by molar-refractivity contribution is 6.33. The molecule has 0 aromatic heterocycles. The maximum atomic E-state index is 12.7. The molecule has 1 aromatic carbocycles. The molecule has 0 atom stereocenters. The summed E-state index contributed by atoms with van der Waals surface area (Å²) in [4.78, 5) is 11.2. The predicted octanol–water partition coefficient (Wildman–Crippen LogP) is 2.57. The average molecular weight is 285 g/mol. The van der Waals surface area contributed by atoms with Crippen molar-refractivity contribution >= 4 is 23.2 Å². The van der Waals surface area contributed by atoms with E-state index in [0.717, 1.165) is 12.1 Å². The van der Waals surface area contributed by atoms with Gasteiger partial charge in [-0.15, -0.1) is 0 Å². The Hall–Kier alpha value is -1.34. The number of anilines is 1. The van der Waals surface area contributed by atoms with Gasteiger partial charge in [-0.2, -0.15) is 13.2 Å². The topological polar surface area (TPSA) is 41.1 Å². The molecule has 0 aliphatic heterocycles. The van der Waals surface area contributed by atoms with Crippen LogP contribution in [0.15, 0.2) is 18.2 Å². The number of carbonyl (C=O) groups is 1. The van der Waals surface area contributed by atoms with Gasteiger partial charge in [0.25, 0.3) is 0 Å². The quantitative estimate of drug-likeness (QED) is 0.835. The van der Waals surface area contributed by atoms with E-state index in [1.807, 2.05) is 5.32 Å². The van der Waals surface area contributed by atoms with Crippen LogP contribution in [0.1, 0.15) is 0 Å². The van der Waals surface area contributed by atoms with E-state index in [0.29, 0.717) is 0 Å². The number of nitrogens with one attached hydrogen (secondary N) is 2. The highest BCUT2D eigenvalue weighted by Crippen LogP contribution is 2.22. The summed E-state index contributed by atoms with van der Waals surface area (Å²) >= 11 is 5.63. The molecule has 100 valence electrons. The van der Waals surface area contributed by atoms with Crippen molar-refractivity contribution in [1.82, 2.24) is 5.32 Å². The molecule has 0 saturated carbocycles. The Morgan fingerprint density at radius 1 is 1.33 bits per heavy atom. The fraction of sp³-hybridized carbons (Fsp3) is 0.300. The van der Waals surface area contributed by atoms with Gasteiger partial charge in [-0.3, -0.25) is 4.79 Å². The first-order valence-corrected chi connectivity index (χ1v) is 5.18. The van der Waals surface area contributed by atoms with Crippen LogP contribution < -0.4 is 10.6 Å². The van der Waals surface area contributed by atoms with Crippen molar-refractivity contribution in [2.24, 2.45) is 0 Å². The third-order valence-corrected chi connectivity index (χ3v) is 2.13. The number of hydrogen-bond donors (Lipinski definition) is 2. The van der Waals surface area contributed by atoms with Crippen LogP contribution >= 0.6 is 11.6 Å². The van der Waals surface area contributed by atoms with Crippen LogP contribution in [0.4, 0.5) is 23.2 Å². The number of carbonyl (C=O) groups excluding carboxylic acids is 1. The Bertz CT molecular complexity index is 436. The van der Waals surface area contributed by atoms with E-state index in [-0.39, 0.29) is 10.7 Å². The number of rotatable bonds is 4. The van der Waals surface area contributed by atoms with E-state index < -0.39 is 31.0 Å². The van der Waals surface area contributed by atoms with Crippen molar-refractivity contribution < 1.29 is 22.4 Å². The molecule has 18 heavy (non-hydrogen) atoms. The number of amides is 1. The van der Waals surface area contributed by atoms with Gasteiger partial charge in [0.15, 0.2) is 0 Å². The predicted molar refractivity (Wildman–Crippen MR) is 59.0 cm³/mol. The maximum absolute atomic E-state index is 12.7. The summed E-state index contributed by atoms with van der Waals surface area (Å²) in [5, 5.41) is 4.15. The van der Waals surface area contributed by atoms with Crippen LogP contribution in [0, 0.1) is 5.82 Å². The molecule has 1 rings (SSSR count). The van der Waals surface area contributed by atoms with Gasteiger partial charge in [-0.25, -0.2) is 4.39 Å². The first kappa shape index (κ1) is 14.7. The van der Waals surface area contributed by atoms with Gasteiger partial charge in [-0.1, -0.05) is 11.6 Å². The molecule has 0 aliphatic carbocycles. The summed E-state index contributed by atoms with van der Waals surface area (Å²) in [5.41, 5.74) is 0.136. The van der Waals surface area contributed by atoms with Crippen LogP contribution in [0.3, 0.4) is 0 Å². The van der Waals surface area contributed by atoms with Crippen molar-refractivity contribution in [1.29, 1.82) is 0 Å². The number of hydrogen-bond acceptors (Lipinski definition) is 2. The second-order valence-corrected chi connectivity index (χ2v) is 3.80. The molecule has 0 bridgehead atoms. The Balaban J connectivity index is 2.45. The molecule has 0 heterocycles. The highest BCUT2D eigenvalue weighted by Gasteiger charge is 2.26. The van der Waals surface area contributed by atoms with Crippen molar-refractivity contribution in [3.8, 4) is 0 Å². The molecule has 2 N–H and O–H groups in total. The maximum Gasteiger partial charge on any atom is 0.401 e. The minimum Gasteiger partial charge on any atom is -0.324 e. The molecule has 0 aliphatic rings. The van der Waals surface area contributed by atoms with Crippen LogP contribution in [0.2, 0.25) is 5.02 Å². The first-order chi connectivity index (χ1) is 8.28. The lowest BCUT2D eigenvalue weighted by molar-refractivity contribution is -0.126. The third-order valence-electron chi connectivity index (χ3n) is 1.82. The Labute approximate surface area is 105 Å². The van der Waals surface area contributed by atoms with Gasteiger partial charge < -0.3 is 10.6 Å². The number of benzene rings is 1. The van der Waals surface area contributed by atoms with E-state index in [1.54, 1.807) is 0 Å². The lowest BCUT2D eigenvalue weighted by atomic mass is 10.3. The van der Waals surface area contributed by atoms with Crippen LogP contribution in [-0.4, -0.2) is 25.2 Å². The fourth-order valence-electron chi connectivity index (χ4n) is 1.10. The number of alkyl halides is 3. The Morgan fingerprint density at radius 3 is 2.56 bits per heavy atom. The SMILES string of the molecule is O=C(CNCC(F)(F)F)Nc1ccc(F)cc1Cl. The molecule has 0 fully saturated rings. The zero-order chi connectivity index (χ0) is 13.8. The Morgan fingerprint density at radius 2 is 2.00 bits per heavy atom. The van der Waals surface area contributed by atoms with Gasteiger partial charge in [-0.05, 0) is 18.2 Å². The van der Waals surface area contributed by atoms with E-state index in [2.05, 4.69) is 5.32 Å². The van der Waals surface area contributed by atoms with Crippen molar-refractivity contribution in [2.45, 2.75) is 6.18 Å². The second-order valence-electron chi connectivity index (χ2n) is 3.39. The number of halogens is 5. The fourth-order valence-corrected chi connectivity index (χ4v) is 1.32. The van der Waals surface area contributed by atoms with Crippen molar-refractivity contribution in [3.63, 3.8) is 0 Å². The normalized spacial score (nSPS) is 11.4. The van der Waals surface area contributed by atoms with Crippen molar-refractivity contribution in [3.05, 3.63) is 29.0 Å². The summed E-state index contributed by atoms with van der Waals surface area (Å²) in [6.45, 7) is -1.79. The summed E-state index contributed by atoms with van der Waals surface area (Å²) in [6.07, 6.45) is -4.38. The van der Waals surface area contributed by atoms with Gasteiger partial charge >= 0.3 is 6.18 Å². The average Bonchev–Trinajstić information content (AvgIpc) is 2.20. The highest BCUT2D eigenvalue weighted by atomic mass is 35.5. The molecule has 1 amide bonds. The lowest BCUT2D eigenvalue weighted by Gasteiger charge is -2.09. The Kier molecular flexibility index (Phi) is 4.92. The van der Waals surface area contributed by atoms with Crippen LogP contribution in [-0.2, 0) is 4.79 Å². The summed E-state index contributed by atoms with van der Waals surface area (Å²) in [6, 6.07) is 3.28. The minimum atomic E-state index is -4.38. The largest absolute Gasteiger partial charge is 0.401 e. The lowest BCUT2D eigenvalue weighted by Crippen LogP contribution is -2.35. The molecular weight excluding hydrogens is 276 g/mol. The third kappa shape index (κ3) is 5.33. The monoisotopic (exact) mass is 284 g/mol. The van der Waals surface area contributed by atoms with Gasteiger partial charge in [0.1, 0.15) is 5.82 Å². The first-order valence-electron chi connectivity index (χ1n) is 4.80. The molecule has 0 spiro atoms. The van der Waals surface area contributed by atoms with Gasteiger partial charge in [0, 0.05) is 0 Å². The zero-order valence-electron chi connectivity index (χ0n) is 8.94. The summed E-state index contributed by atoms with van der Waals surface area (Å²) < 4.78 is 48.0. The molecule has 0 saturated heterocycles. The van der Waals surface area contributed by atoms with E-state index in [9.17, 15) is 22.4 Å². The smallest absolute Gasteiger partial charge is 0.324 e. The zero-order valence-corrected chi connectivity index (χ0v) is 9.70. The molecule has 3 nitrogen and oxygen atoms in total. The molecule has 0 radical (unpaired) electrons.